The Morgan fingerprint density at radius 3 is 2.11 bits per heavy atom. The van der Waals surface area contributed by atoms with Gasteiger partial charge in [-0.2, -0.15) is 0 Å². The maximum Gasteiger partial charge on any atom is 0.259 e. The zero-order valence-electron chi connectivity index (χ0n) is 9.74. The molecule has 0 amide bonds. The molecule has 0 spiro atoms. The molecule has 3 nitrogen and oxygen atoms in total. The Bertz CT molecular complexity index is 364. The fourth-order valence-corrected chi connectivity index (χ4v) is 1.93. The van der Waals surface area contributed by atoms with Gasteiger partial charge in [-0.05, 0) is 35.9 Å². The number of halogens is 3. The number of rotatable bonds is 8. The monoisotopic (exact) mass is 309 g/mol. The first-order chi connectivity index (χ1) is 8.67. The van der Waals surface area contributed by atoms with E-state index in [4.69, 9.17) is 39.5 Å². The predicted molar refractivity (Wildman–Crippen MR) is 76.5 cm³/mol. The topological polar surface area (TPSA) is 29.5 Å². The minimum absolute atomic E-state index is 0.131. The molecule has 0 unspecified atom stereocenters. The number of hydrogen-bond acceptors (Lipinski definition) is 3. The normalized spacial score (nSPS) is 10.2. The van der Waals surface area contributed by atoms with E-state index < -0.39 is 5.24 Å². The first-order valence-electron chi connectivity index (χ1n) is 5.45. The summed E-state index contributed by atoms with van der Waals surface area (Å²) in [6.07, 6.45) is 0. The highest BCUT2D eigenvalue weighted by Crippen LogP contribution is 2.19. The molecule has 0 N–H and O–H groups in total. The lowest BCUT2D eigenvalue weighted by Gasteiger charge is -2.22. The molecule has 0 saturated carbocycles. The second-order valence-electron chi connectivity index (χ2n) is 3.50. The SMILES string of the molecule is O=C(Cl)COc1ccc(N(CCCl)CCCl)cc1. The summed E-state index contributed by atoms with van der Waals surface area (Å²) in [6, 6.07) is 7.36. The number of anilines is 1. The molecule has 6 heteroatoms. The Kier molecular flexibility index (Phi) is 7.25. The summed E-state index contributed by atoms with van der Waals surface area (Å²) in [5.41, 5.74) is 1.01. The van der Waals surface area contributed by atoms with Crippen LogP contribution in [0, 0.1) is 0 Å². The maximum atomic E-state index is 10.6. The van der Waals surface area contributed by atoms with Crippen molar-refractivity contribution >= 4 is 45.7 Å². The van der Waals surface area contributed by atoms with Crippen molar-refractivity contribution in [1.29, 1.82) is 0 Å². The van der Waals surface area contributed by atoms with E-state index in [1.54, 1.807) is 12.1 Å². The lowest BCUT2D eigenvalue weighted by Crippen LogP contribution is -2.27. The number of alkyl halides is 2. The molecule has 0 aliphatic rings. The molecule has 1 aromatic carbocycles. The summed E-state index contributed by atoms with van der Waals surface area (Å²) in [5, 5.41) is -0.523. The summed E-state index contributed by atoms with van der Waals surface area (Å²) >= 11 is 16.7. The van der Waals surface area contributed by atoms with Gasteiger partial charge in [0.1, 0.15) is 5.75 Å². The zero-order valence-corrected chi connectivity index (χ0v) is 12.0. The van der Waals surface area contributed by atoms with Crippen LogP contribution in [0.15, 0.2) is 24.3 Å². The molecular formula is C12H14Cl3NO2. The fraction of sp³-hybridized carbons (Fsp3) is 0.417. The molecule has 0 aliphatic carbocycles. The molecule has 100 valence electrons. The van der Waals surface area contributed by atoms with Crippen LogP contribution in [0.2, 0.25) is 0 Å². The van der Waals surface area contributed by atoms with Crippen molar-refractivity contribution in [2.45, 2.75) is 0 Å². The van der Waals surface area contributed by atoms with Crippen LogP contribution in [-0.4, -0.2) is 36.7 Å². The molecule has 1 rings (SSSR count). The molecule has 0 aromatic heterocycles. The summed E-state index contributed by atoms with van der Waals surface area (Å²) in [6.45, 7) is 1.33. The van der Waals surface area contributed by atoms with E-state index in [1.165, 1.54) is 0 Å². The third-order valence-electron chi connectivity index (χ3n) is 2.26. The molecular weight excluding hydrogens is 296 g/mol. The van der Waals surface area contributed by atoms with E-state index in [0.29, 0.717) is 17.5 Å². The van der Waals surface area contributed by atoms with E-state index in [-0.39, 0.29) is 6.61 Å². The van der Waals surface area contributed by atoms with Crippen LogP contribution < -0.4 is 9.64 Å². The van der Waals surface area contributed by atoms with Crippen LogP contribution in [0.5, 0.6) is 5.75 Å². The summed E-state index contributed by atoms with van der Waals surface area (Å²) < 4.78 is 5.17. The highest BCUT2D eigenvalue weighted by atomic mass is 35.5. The van der Waals surface area contributed by atoms with E-state index >= 15 is 0 Å². The molecule has 18 heavy (non-hydrogen) atoms. The van der Waals surface area contributed by atoms with E-state index in [9.17, 15) is 4.79 Å². The van der Waals surface area contributed by atoms with Crippen molar-refractivity contribution in [3.63, 3.8) is 0 Å². The number of ether oxygens (including phenoxy) is 1. The van der Waals surface area contributed by atoms with Crippen LogP contribution >= 0.6 is 34.8 Å². The van der Waals surface area contributed by atoms with Crippen LogP contribution in [-0.2, 0) is 4.79 Å². The Balaban J connectivity index is 2.64. The van der Waals surface area contributed by atoms with Crippen LogP contribution in [0.25, 0.3) is 0 Å². The van der Waals surface area contributed by atoms with Crippen LogP contribution in [0.4, 0.5) is 5.69 Å². The first kappa shape index (κ1) is 15.4. The molecule has 0 aliphatic heterocycles. The van der Waals surface area contributed by atoms with Crippen LogP contribution in [0.1, 0.15) is 0 Å². The van der Waals surface area contributed by atoms with Crippen LogP contribution in [0.3, 0.4) is 0 Å². The number of carbonyl (C=O) groups is 1. The Labute approximate surface area is 122 Å². The highest BCUT2D eigenvalue weighted by Gasteiger charge is 2.05. The quantitative estimate of drug-likeness (QED) is 0.546. The van der Waals surface area contributed by atoms with Gasteiger partial charge in [0.15, 0.2) is 6.61 Å². The molecule has 0 radical (unpaired) electrons. The fourth-order valence-electron chi connectivity index (χ4n) is 1.47. The lowest BCUT2D eigenvalue weighted by atomic mass is 10.2. The van der Waals surface area contributed by atoms with Crippen molar-refractivity contribution in [2.75, 3.05) is 36.4 Å². The molecule has 0 heterocycles. The predicted octanol–water partition coefficient (Wildman–Crippen LogP) is 3.11. The van der Waals surface area contributed by atoms with Gasteiger partial charge in [0.2, 0.25) is 0 Å². The number of hydrogen-bond donors (Lipinski definition) is 0. The van der Waals surface area contributed by atoms with Gasteiger partial charge in [-0.25, -0.2) is 0 Å². The van der Waals surface area contributed by atoms with Gasteiger partial charge in [-0.1, -0.05) is 0 Å². The van der Waals surface area contributed by atoms with Gasteiger partial charge < -0.3 is 9.64 Å². The highest BCUT2D eigenvalue weighted by molar-refractivity contribution is 6.63. The first-order valence-corrected chi connectivity index (χ1v) is 6.90. The number of nitrogens with zero attached hydrogens (tertiary/aromatic N) is 1. The third kappa shape index (κ3) is 5.34. The average Bonchev–Trinajstić information content (AvgIpc) is 2.37. The van der Waals surface area contributed by atoms with Crippen molar-refractivity contribution < 1.29 is 9.53 Å². The summed E-state index contributed by atoms with van der Waals surface area (Å²) in [5.74, 6) is 1.68. The molecule has 0 bridgehead atoms. The minimum Gasteiger partial charge on any atom is -0.484 e. The maximum absolute atomic E-state index is 10.6. The standard InChI is InChI=1S/C12H14Cl3NO2/c13-5-7-16(8-6-14)10-1-3-11(4-2-10)18-9-12(15)17/h1-4H,5-9H2. The van der Waals surface area contributed by atoms with E-state index in [0.717, 1.165) is 18.8 Å². The molecule has 1 aromatic rings. The third-order valence-corrected chi connectivity index (χ3v) is 2.71. The zero-order chi connectivity index (χ0) is 13.4. The van der Waals surface area contributed by atoms with Gasteiger partial charge in [0, 0.05) is 30.5 Å². The Morgan fingerprint density at radius 2 is 1.67 bits per heavy atom. The molecule has 0 saturated heterocycles. The Morgan fingerprint density at radius 1 is 1.11 bits per heavy atom. The van der Waals surface area contributed by atoms with Gasteiger partial charge in [-0.3, -0.25) is 4.79 Å². The van der Waals surface area contributed by atoms with Crippen molar-refractivity contribution in [2.24, 2.45) is 0 Å². The van der Waals surface area contributed by atoms with Gasteiger partial charge >= 0.3 is 0 Å². The van der Waals surface area contributed by atoms with E-state index in [2.05, 4.69) is 4.90 Å². The largest absolute Gasteiger partial charge is 0.484 e. The van der Waals surface area contributed by atoms with Crippen molar-refractivity contribution in [3.8, 4) is 5.75 Å². The minimum atomic E-state index is -0.523. The van der Waals surface area contributed by atoms with Crippen molar-refractivity contribution in [1.82, 2.24) is 0 Å². The molecule has 0 atom stereocenters. The number of carbonyl (C=O) groups excluding carboxylic acids is 1. The smallest absolute Gasteiger partial charge is 0.259 e. The lowest BCUT2D eigenvalue weighted by molar-refractivity contribution is -0.113. The Hall–Kier alpha value is -0.640. The van der Waals surface area contributed by atoms with Crippen molar-refractivity contribution in [3.05, 3.63) is 24.3 Å². The van der Waals surface area contributed by atoms with E-state index in [1.807, 2.05) is 12.1 Å². The second-order valence-corrected chi connectivity index (χ2v) is 4.68. The average molecular weight is 311 g/mol. The van der Waals surface area contributed by atoms with Gasteiger partial charge in [0.25, 0.3) is 5.24 Å². The van der Waals surface area contributed by atoms with Gasteiger partial charge in [0.05, 0.1) is 0 Å². The second kappa shape index (κ2) is 8.46. The summed E-state index contributed by atoms with van der Waals surface area (Å²) in [4.78, 5) is 12.6. The summed E-state index contributed by atoms with van der Waals surface area (Å²) in [7, 11) is 0. The van der Waals surface area contributed by atoms with Gasteiger partial charge in [-0.15, -0.1) is 23.2 Å². The number of benzene rings is 1. The molecule has 0 fully saturated rings.